The molecule has 1 saturated heterocycles. The Bertz CT molecular complexity index is 506. The lowest BCUT2D eigenvalue weighted by atomic mass is 10.1. The topological polar surface area (TPSA) is 60.9 Å². The summed E-state index contributed by atoms with van der Waals surface area (Å²) < 4.78 is 0.858. The minimum absolute atomic E-state index is 0.0699. The van der Waals surface area contributed by atoms with E-state index in [0.717, 1.165) is 10.2 Å². The van der Waals surface area contributed by atoms with Gasteiger partial charge in [0.2, 0.25) is 5.91 Å². The zero-order chi connectivity index (χ0) is 14.0. The molecule has 1 unspecified atom stereocenters. The summed E-state index contributed by atoms with van der Waals surface area (Å²) >= 11 is 3.44. The van der Waals surface area contributed by atoms with Gasteiger partial charge >= 0.3 is 5.97 Å². The number of anilines is 1. The summed E-state index contributed by atoms with van der Waals surface area (Å²) in [5.74, 6) is -1.53. The molecule has 0 spiro atoms. The standard InChI is InChI=1S/C13H15BrN2O3/c1-15-6-9(13(18)19)7-16(8-12(15)17)11-5-3-2-4-10(11)14/h2-5,9H,6-8H2,1H3,(H,18,19). The van der Waals surface area contributed by atoms with Crippen molar-refractivity contribution in [1.82, 2.24) is 4.90 Å². The Morgan fingerprint density at radius 1 is 1.37 bits per heavy atom. The lowest BCUT2D eigenvalue weighted by molar-refractivity contribution is -0.142. The van der Waals surface area contributed by atoms with Crippen LogP contribution in [-0.2, 0) is 9.59 Å². The fourth-order valence-corrected chi connectivity index (χ4v) is 2.69. The van der Waals surface area contributed by atoms with Gasteiger partial charge in [0.15, 0.2) is 0 Å². The first-order valence-corrected chi connectivity index (χ1v) is 6.74. The lowest BCUT2D eigenvalue weighted by Crippen LogP contribution is -2.34. The van der Waals surface area contributed by atoms with Crippen molar-refractivity contribution >= 4 is 33.5 Å². The van der Waals surface area contributed by atoms with Crippen molar-refractivity contribution in [3.63, 3.8) is 0 Å². The molecule has 0 saturated carbocycles. The SMILES string of the molecule is CN1CC(C(=O)O)CN(c2ccccc2Br)CC1=O. The summed E-state index contributed by atoms with van der Waals surface area (Å²) in [6, 6.07) is 7.51. The molecule has 1 fully saturated rings. The first-order valence-electron chi connectivity index (χ1n) is 5.95. The number of para-hydroxylation sites is 1. The second kappa shape index (κ2) is 5.61. The Morgan fingerprint density at radius 2 is 2.05 bits per heavy atom. The number of benzene rings is 1. The van der Waals surface area contributed by atoms with Crippen LogP contribution in [-0.4, -0.2) is 48.6 Å². The van der Waals surface area contributed by atoms with Crippen LogP contribution in [0.4, 0.5) is 5.69 Å². The van der Waals surface area contributed by atoms with Crippen LogP contribution in [0.3, 0.4) is 0 Å². The summed E-state index contributed by atoms with van der Waals surface area (Å²) in [4.78, 5) is 26.5. The molecule has 0 aliphatic carbocycles. The van der Waals surface area contributed by atoms with Gasteiger partial charge in [-0.1, -0.05) is 12.1 Å². The Hall–Kier alpha value is -1.56. The van der Waals surface area contributed by atoms with Crippen molar-refractivity contribution in [3.05, 3.63) is 28.7 Å². The third-order valence-corrected chi connectivity index (χ3v) is 3.90. The predicted octanol–water partition coefficient (Wildman–Crippen LogP) is 1.43. The molecule has 1 aromatic rings. The van der Waals surface area contributed by atoms with Crippen LogP contribution < -0.4 is 4.90 Å². The van der Waals surface area contributed by atoms with Gasteiger partial charge in [-0.25, -0.2) is 0 Å². The first-order chi connectivity index (χ1) is 8.99. The smallest absolute Gasteiger partial charge is 0.310 e. The molecule has 102 valence electrons. The molecule has 0 radical (unpaired) electrons. The van der Waals surface area contributed by atoms with E-state index in [4.69, 9.17) is 0 Å². The number of carboxylic acid groups (broad SMARTS) is 1. The number of halogens is 1. The van der Waals surface area contributed by atoms with E-state index in [0.29, 0.717) is 6.54 Å². The summed E-state index contributed by atoms with van der Waals surface area (Å²) in [6.07, 6.45) is 0. The molecular weight excluding hydrogens is 312 g/mol. The van der Waals surface area contributed by atoms with Gasteiger partial charge in [-0.15, -0.1) is 0 Å². The molecule has 1 amide bonds. The third kappa shape index (κ3) is 3.07. The molecule has 2 rings (SSSR count). The molecule has 1 heterocycles. The van der Waals surface area contributed by atoms with E-state index < -0.39 is 11.9 Å². The van der Waals surface area contributed by atoms with Crippen molar-refractivity contribution in [3.8, 4) is 0 Å². The third-order valence-electron chi connectivity index (χ3n) is 3.23. The quantitative estimate of drug-likeness (QED) is 0.893. The second-order valence-electron chi connectivity index (χ2n) is 4.64. The Labute approximate surface area is 119 Å². The molecule has 1 N–H and O–H groups in total. The zero-order valence-corrected chi connectivity index (χ0v) is 12.1. The minimum atomic E-state index is -0.876. The van der Waals surface area contributed by atoms with Crippen LogP contribution in [0.25, 0.3) is 0 Å². The summed E-state index contributed by atoms with van der Waals surface area (Å²) in [6.45, 7) is 0.770. The number of likely N-dealkylation sites (N-methyl/N-ethyl adjacent to an activating group) is 1. The Morgan fingerprint density at radius 3 is 2.68 bits per heavy atom. The van der Waals surface area contributed by atoms with E-state index >= 15 is 0 Å². The number of hydrogen-bond donors (Lipinski definition) is 1. The first kappa shape index (κ1) is 13.9. The average molecular weight is 327 g/mol. The van der Waals surface area contributed by atoms with Gasteiger partial charge in [0.25, 0.3) is 0 Å². The van der Waals surface area contributed by atoms with Gasteiger partial charge in [-0.3, -0.25) is 9.59 Å². The van der Waals surface area contributed by atoms with Gasteiger partial charge in [-0.2, -0.15) is 0 Å². The number of rotatable bonds is 2. The van der Waals surface area contributed by atoms with E-state index in [9.17, 15) is 14.7 Å². The van der Waals surface area contributed by atoms with E-state index in [1.807, 2.05) is 29.2 Å². The van der Waals surface area contributed by atoms with E-state index in [1.54, 1.807) is 7.05 Å². The van der Waals surface area contributed by atoms with Crippen molar-refractivity contribution in [1.29, 1.82) is 0 Å². The molecule has 5 nitrogen and oxygen atoms in total. The highest BCUT2D eigenvalue weighted by molar-refractivity contribution is 9.10. The van der Waals surface area contributed by atoms with Crippen LogP contribution in [0, 0.1) is 5.92 Å². The number of carbonyl (C=O) groups excluding carboxylic acids is 1. The van der Waals surface area contributed by atoms with Crippen LogP contribution in [0.5, 0.6) is 0 Å². The summed E-state index contributed by atoms with van der Waals surface area (Å²) in [7, 11) is 1.64. The maximum Gasteiger partial charge on any atom is 0.310 e. The van der Waals surface area contributed by atoms with Gasteiger partial charge < -0.3 is 14.9 Å². The maximum atomic E-state index is 12.0. The van der Waals surface area contributed by atoms with Gasteiger partial charge in [0.05, 0.1) is 18.2 Å². The van der Waals surface area contributed by atoms with Crippen molar-refractivity contribution < 1.29 is 14.7 Å². The highest BCUT2D eigenvalue weighted by atomic mass is 79.9. The van der Waals surface area contributed by atoms with Gasteiger partial charge in [0, 0.05) is 24.6 Å². The highest BCUT2D eigenvalue weighted by Gasteiger charge is 2.30. The largest absolute Gasteiger partial charge is 0.481 e. The molecule has 1 aliphatic heterocycles. The number of nitrogens with zero attached hydrogens (tertiary/aromatic N) is 2. The fraction of sp³-hybridized carbons (Fsp3) is 0.385. The lowest BCUT2D eigenvalue weighted by Gasteiger charge is -2.24. The molecular formula is C13H15BrN2O3. The molecule has 6 heteroatoms. The van der Waals surface area contributed by atoms with Crippen LogP contribution in [0.2, 0.25) is 0 Å². The number of amides is 1. The van der Waals surface area contributed by atoms with E-state index in [1.165, 1.54) is 4.90 Å². The molecule has 1 aromatic carbocycles. The molecule has 1 aliphatic rings. The number of carboxylic acids is 1. The van der Waals surface area contributed by atoms with Crippen LogP contribution in [0.1, 0.15) is 0 Å². The number of hydrogen-bond acceptors (Lipinski definition) is 3. The highest BCUT2D eigenvalue weighted by Crippen LogP contribution is 2.27. The monoisotopic (exact) mass is 326 g/mol. The number of aliphatic carboxylic acids is 1. The van der Waals surface area contributed by atoms with Crippen LogP contribution in [0.15, 0.2) is 28.7 Å². The van der Waals surface area contributed by atoms with Crippen LogP contribution >= 0.6 is 15.9 Å². The molecule has 1 atom stereocenters. The second-order valence-corrected chi connectivity index (χ2v) is 5.50. The fourth-order valence-electron chi connectivity index (χ4n) is 2.15. The number of carbonyl (C=O) groups is 2. The van der Waals surface area contributed by atoms with Crippen molar-refractivity contribution in [2.75, 3.05) is 31.6 Å². The van der Waals surface area contributed by atoms with Gasteiger partial charge in [-0.05, 0) is 28.1 Å². The predicted molar refractivity (Wildman–Crippen MR) is 75.1 cm³/mol. The minimum Gasteiger partial charge on any atom is -0.481 e. The van der Waals surface area contributed by atoms with E-state index in [-0.39, 0.29) is 19.0 Å². The molecule has 0 bridgehead atoms. The Balaban J connectivity index is 2.31. The molecule has 19 heavy (non-hydrogen) atoms. The summed E-state index contributed by atoms with van der Waals surface area (Å²) in [5.41, 5.74) is 0.845. The van der Waals surface area contributed by atoms with Gasteiger partial charge in [0.1, 0.15) is 0 Å². The van der Waals surface area contributed by atoms with E-state index in [2.05, 4.69) is 15.9 Å². The normalized spacial score (nSPS) is 20.3. The maximum absolute atomic E-state index is 12.0. The summed E-state index contributed by atoms with van der Waals surface area (Å²) in [5, 5.41) is 9.22. The van der Waals surface area contributed by atoms with Crippen molar-refractivity contribution in [2.24, 2.45) is 5.92 Å². The zero-order valence-electron chi connectivity index (χ0n) is 10.5. The average Bonchev–Trinajstić information content (AvgIpc) is 2.50. The Kier molecular flexibility index (Phi) is 4.09. The van der Waals surface area contributed by atoms with Crippen molar-refractivity contribution in [2.45, 2.75) is 0 Å². The molecule has 0 aromatic heterocycles.